The molecule has 3 heteroatoms. The molecule has 2 rings (SSSR count). The van der Waals surface area contributed by atoms with Gasteiger partial charge in [0.25, 0.3) is 0 Å². The Morgan fingerprint density at radius 2 is 2.21 bits per heavy atom. The fraction of sp³-hybridized carbons (Fsp3) is 0.688. The first kappa shape index (κ1) is 14.7. The highest BCUT2D eigenvalue weighted by Gasteiger charge is 2.24. The lowest BCUT2D eigenvalue weighted by molar-refractivity contribution is 0.00137. The first-order valence-electron chi connectivity index (χ1n) is 7.35. The fourth-order valence-electron chi connectivity index (χ4n) is 2.69. The molecule has 0 N–H and O–H groups in total. The quantitative estimate of drug-likeness (QED) is 0.564. The molecule has 0 bridgehead atoms. The van der Waals surface area contributed by atoms with Crippen molar-refractivity contribution >= 4 is 17.1 Å². The smallest absolute Gasteiger partial charge is 0.172 e. The molecule has 2 nitrogen and oxygen atoms in total. The molecule has 1 aromatic heterocycles. The number of Topliss-reactive ketones (excluding diaryl/α,β-unsaturated/α-hetero) is 1. The van der Waals surface area contributed by atoms with E-state index in [2.05, 4.69) is 13.8 Å². The molecular formula is C16H24O2S. The Morgan fingerprint density at radius 1 is 1.37 bits per heavy atom. The van der Waals surface area contributed by atoms with Crippen molar-refractivity contribution in [3.8, 4) is 0 Å². The number of carbonyl (C=O) groups is 1. The minimum absolute atomic E-state index is 0.254. The zero-order valence-corrected chi connectivity index (χ0v) is 12.7. The first-order chi connectivity index (χ1) is 9.16. The summed E-state index contributed by atoms with van der Waals surface area (Å²) in [6.07, 6.45) is 5.52. The minimum atomic E-state index is 0.254. The molecular weight excluding hydrogens is 256 g/mol. The van der Waals surface area contributed by atoms with Crippen LogP contribution in [0, 0.1) is 11.8 Å². The van der Waals surface area contributed by atoms with E-state index in [4.69, 9.17) is 4.74 Å². The predicted octanol–water partition coefficient (Wildman–Crippen LogP) is 4.55. The van der Waals surface area contributed by atoms with Crippen LogP contribution in [0.4, 0.5) is 0 Å². The molecule has 19 heavy (non-hydrogen) atoms. The molecule has 1 saturated carbocycles. The fourth-order valence-corrected chi connectivity index (χ4v) is 3.39. The number of hydrogen-bond donors (Lipinski definition) is 0. The standard InChI is InChI=1S/C16H24O2S/c1-12-7-8-14(11-13(12)2)18-9-3-5-15(17)16-6-4-10-19-16/h4,6,10,12-14H,3,5,7-9,11H2,1-2H3. The summed E-state index contributed by atoms with van der Waals surface area (Å²) < 4.78 is 5.92. The van der Waals surface area contributed by atoms with Gasteiger partial charge in [0, 0.05) is 13.0 Å². The van der Waals surface area contributed by atoms with Crippen LogP contribution in [0.1, 0.15) is 55.6 Å². The average Bonchev–Trinajstić information content (AvgIpc) is 2.92. The second-order valence-corrected chi connectivity index (χ2v) is 6.71. The second kappa shape index (κ2) is 7.20. The molecule has 0 radical (unpaired) electrons. The van der Waals surface area contributed by atoms with Crippen molar-refractivity contribution in [2.24, 2.45) is 11.8 Å². The zero-order chi connectivity index (χ0) is 13.7. The molecule has 0 saturated heterocycles. The van der Waals surface area contributed by atoms with Crippen LogP contribution in [0.3, 0.4) is 0 Å². The molecule has 106 valence electrons. The molecule has 0 amide bonds. The summed E-state index contributed by atoms with van der Waals surface area (Å²) in [6.45, 7) is 5.38. The van der Waals surface area contributed by atoms with Gasteiger partial charge in [-0.1, -0.05) is 19.9 Å². The van der Waals surface area contributed by atoms with Gasteiger partial charge in [0.05, 0.1) is 11.0 Å². The first-order valence-corrected chi connectivity index (χ1v) is 8.23. The molecule has 0 aromatic carbocycles. The van der Waals surface area contributed by atoms with Crippen LogP contribution >= 0.6 is 11.3 Å². The predicted molar refractivity (Wildman–Crippen MR) is 79.8 cm³/mol. The Labute approximate surface area is 120 Å². The van der Waals surface area contributed by atoms with Crippen LogP contribution in [0.2, 0.25) is 0 Å². The van der Waals surface area contributed by atoms with Crippen LogP contribution in [0.15, 0.2) is 17.5 Å². The van der Waals surface area contributed by atoms with Gasteiger partial charge in [0.1, 0.15) is 0 Å². The topological polar surface area (TPSA) is 26.3 Å². The summed E-state index contributed by atoms with van der Waals surface area (Å²) in [5.41, 5.74) is 0. The van der Waals surface area contributed by atoms with Gasteiger partial charge in [0.15, 0.2) is 5.78 Å². The van der Waals surface area contributed by atoms with Gasteiger partial charge in [-0.25, -0.2) is 0 Å². The Hall–Kier alpha value is -0.670. The maximum absolute atomic E-state index is 11.8. The van der Waals surface area contributed by atoms with E-state index in [-0.39, 0.29) is 5.78 Å². The third-order valence-corrected chi connectivity index (χ3v) is 5.16. The molecule has 1 aromatic rings. The SMILES string of the molecule is CC1CCC(OCCCC(=O)c2cccs2)CC1C. The molecule has 3 atom stereocenters. The summed E-state index contributed by atoms with van der Waals surface area (Å²) in [4.78, 5) is 12.7. The van der Waals surface area contributed by atoms with E-state index in [0.717, 1.165) is 29.7 Å². The van der Waals surface area contributed by atoms with Gasteiger partial charge in [-0.15, -0.1) is 11.3 Å². The highest BCUT2D eigenvalue weighted by molar-refractivity contribution is 7.12. The largest absolute Gasteiger partial charge is 0.378 e. The zero-order valence-electron chi connectivity index (χ0n) is 11.9. The summed E-state index contributed by atoms with van der Waals surface area (Å²) in [7, 11) is 0. The Balaban J connectivity index is 1.61. The van der Waals surface area contributed by atoms with E-state index in [1.54, 1.807) is 0 Å². The van der Waals surface area contributed by atoms with Crippen LogP contribution in [0.5, 0.6) is 0 Å². The van der Waals surface area contributed by atoms with Crippen LogP contribution in [-0.4, -0.2) is 18.5 Å². The van der Waals surface area contributed by atoms with Crippen molar-refractivity contribution in [1.82, 2.24) is 0 Å². The summed E-state index contributed by atoms with van der Waals surface area (Å²) in [5.74, 6) is 1.86. The summed E-state index contributed by atoms with van der Waals surface area (Å²) in [5, 5.41) is 1.95. The minimum Gasteiger partial charge on any atom is -0.378 e. The summed E-state index contributed by atoms with van der Waals surface area (Å²) in [6, 6.07) is 3.83. The van der Waals surface area contributed by atoms with Crippen molar-refractivity contribution in [1.29, 1.82) is 0 Å². The van der Waals surface area contributed by atoms with E-state index in [9.17, 15) is 4.79 Å². The van der Waals surface area contributed by atoms with E-state index >= 15 is 0 Å². The van der Waals surface area contributed by atoms with Gasteiger partial charge >= 0.3 is 0 Å². The van der Waals surface area contributed by atoms with Crippen molar-refractivity contribution in [3.05, 3.63) is 22.4 Å². The lowest BCUT2D eigenvalue weighted by Gasteiger charge is -2.31. The molecule has 1 aliphatic rings. The Bertz CT molecular complexity index is 385. The molecule has 1 aliphatic carbocycles. The maximum Gasteiger partial charge on any atom is 0.172 e. The Morgan fingerprint density at radius 3 is 2.89 bits per heavy atom. The van der Waals surface area contributed by atoms with Gasteiger partial charge < -0.3 is 4.74 Å². The molecule has 3 unspecified atom stereocenters. The third-order valence-electron chi connectivity index (χ3n) is 4.25. The van der Waals surface area contributed by atoms with E-state index in [1.165, 1.54) is 30.6 Å². The van der Waals surface area contributed by atoms with Gasteiger partial charge in [-0.2, -0.15) is 0 Å². The van der Waals surface area contributed by atoms with E-state index < -0.39 is 0 Å². The monoisotopic (exact) mass is 280 g/mol. The molecule has 1 heterocycles. The Kier molecular flexibility index (Phi) is 5.59. The highest BCUT2D eigenvalue weighted by Crippen LogP contribution is 2.30. The third kappa shape index (κ3) is 4.43. The van der Waals surface area contributed by atoms with Gasteiger partial charge in [0.2, 0.25) is 0 Å². The molecule has 0 spiro atoms. The second-order valence-electron chi connectivity index (χ2n) is 5.76. The van der Waals surface area contributed by atoms with Crippen LogP contribution < -0.4 is 0 Å². The normalized spacial score (nSPS) is 27.4. The van der Waals surface area contributed by atoms with Crippen molar-refractivity contribution in [3.63, 3.8) is 0 Å². The lowest BCUT2D eigenvalue weighted by atomic mass is 9.80. The van der Waals surface area contributed by atoms with Gasteiger partial charge in [-0.3, -0.25) is 4.79 Å². The lowest BCUT2D eigenvalue weighted by Crippen LogP contribution is -2.27. The van der Waals surface area contributed by atoms with Crippen molar-refractivity contribution < 1.29 is 9.53 Å². The highest BCUT2D eigenvalue weighted by atomic mass is 32.1. The van der Waals surface area contributed by atoms with Crippen molar-refractivity contribution in [2.45, 2.75) is 52.1 Å². The number of hydrogen-bond acceptors (Lipinski definition) is 3. The number of thiophene rings is 1. The number of rotatable bonds is 6. The average molecular weight is 280 g/mol. The van der Waals surface area contributed by atoms with Crippen LogP contribution in [0.25, 0.3) is 0 Å². The van der Waals surface area contributed by atoms with E-state index in [0.29, 0.717) is 12.5 Å². The van der Waals surface area contributed by atoms with Crippen molar-refractivity contribution in [2.75, 3.05) is 6.61 Å². The molecule has 0 aliphatic heterocycles. The number of carbonyl (C=O) groups excluding carboxylic acids is 1. The summed E-state index contributed by atoms with van der Waals surface area (Å²) >= 11 is 1.53. The maximum atomic E-state index is 11.8. The van der Waals surface area contributed by atoms with Gasteiger partial charge in [-0.05, 0) is 49.0 Å². The molecule has 1 fully saturated rings. The van der Waals surface area contributed by atoms with E-state index in [1.807, 2.05) is 17.5 Å². The number of ketones is 1. The number of ether oxygens (including phenoxy) is 1. The van der Waals surface area contributed by atoms with Crippen LogP contribution in [-0.2, 0) is 4.74 Å².